The minimum Gasteiger partial charge on any atom is -0.343 e. The van der Waals surface area contributed by atoms with E-state index in [0.29, 0.717) is 18.8 Å². The van der Waals surface area contributed by atoms with E-state index in [2.05, 4.69) is 51.8 Å². The lowest BCUT2D eigenvalue weighted by Crippen LogP contribution is -2.31. The van der Waals surface area contributed by atoms with Crippen LogP contribution in [0, 0.1) is 0 Å². The highest BCUT2D eigenvalue weighted by molar-refractivity contribution is 7.99. The molecule has 1 amide bonds. The normalized spacial score (nSPS) is 10.9. The van der Waals surface area contributed by atoms with Crippen LogP contribution in [0.5, 0.6) is 0 Å². The lowest BCUT2D eigenvalue weighted by atomic mass is 10.0. The van der Waals surface area contributed by atoms with Gasteiger partial charge in [-0.3, -0.25) is 14.3 Å². The van der Waals surface area contributed by atoms with Gasteiger partial charge in [-0.1, -0.05) is 43.8 Å². The molecular formula is C23H29N5OS. The van der Waals surface area contributed by atoms with Crippen LogP contribution >= 0.6 is 11.8 Å². The molecule has 7 heteroatoms. The number of para-hydroxylation sites is 1. The highest BCUT2D eigenvalue weighted by atomic mass is 32.2. The first kappa shape index (κ1) is 22.0. The quantitative estimate of drug-likeness (QED) is 0.477. The molecule has 158 valence electrons. The molecule has 0 atom stereocenters. The number of benzene rings is 1. The predicted molar refractivity (Wildman–Crippen MR) is 122 cm³/mol. The van der Waals surface area contributed by atoms with Gasteiger partial charge in [-0.15, -0.1) is 10.2 Å². The molecule has 0 fully saturated rings. The Labute approximate surface area is 182 Å². The Morgan fingerprint density at radius 2 is 1.70 bits per heavy atom. The lowest BCUT2D eigenvalue weighted by Gasteiger charge is -2.19. The van der Waals surface area contributed by atoms with Gasteiger partial charge in [0.25, 0.3) is 0 Å². The maximum absolute atomic E-state index is 12.6. The van der Waals surface area contributed by atoms with Crippen molar-refractivity contribution in [2.75, 3.05) is 18.8 Å². The summed E-state index contributed by atoms with van der Waals surface area (Å²) in [5.74, 6) is 1.20. The fourth-order valence-corrected chi connectivity index (χ4v) is 4.38. The third-order valence-electron chi connectivity index (χ3n) is 5.18. The van der Waals surface area contributed by atoms with E-state index in [1.807, 2.05) is 30.9 Å². The van der Waals surface area contributed by atoms with Crippen molar-refractivity contribution in [2.45, 2.75) is 45.7 Å². The van der Waals surface area contributed by atoms with Crippen molar-refractivity contribution in [3.8, 4) is 17.1 Å². The van der Waals surface area contributed by atoms with Gasteiger partial charge in [0.2, 0.25) is 5.91 Å². The molecule has 2 aromatic heterocycles. The Hall–Kier alpha value is -2.67. The highest BCUT2D eigenvalue weighted by Gasteiger charge is 2.21. The van der Waals surface area contributed by atoms with E-state index in [0.717, 1.165) is 35.1 Å². The van der Waals surface area contributed by atoms with E-state index in [1.165, 1.54) is 22.9 Å². The van der Waals surface area contributed by atoms with E-state index in [9.17, 15) is 4.79 Å². The van der Waals surface area contributed by atoms with Gasteiger partial charge in [0.15, 0.2) is 11.0 Å². The van der Waals surface area contributed by atoms with Crippen LogP contribution in [-0.2, 0) is 17.6 Å². The minimum absolute atomic E-state index is 0.113. The van der Waals surface area contributed by atoms with Gasteiger partial charge in [0.1, 0.15) is 0 Å². The third kappa shape index (κ3) is 4.56. The topological polar surface area (TPSA) is 63.9 Å². The van der Waals surface area contributed by atoms with Gasteiger partial charge in [-0.25, -0.2) is 0 Å². The van der Waals surface area contributed by atoms with Crippen molar-refractivity contribution in [3.05, 3.63) is 53.9 Å². The van der Waals surface area contributed by atoms with E-state index in [-0.39, 0.29) is 5.91 Å². The fraction of sp³-hybridized carbons (Fsp3) is 0.391. The van der Waals surface area contributed by atoms with Crippen molar-refractivity contribution >= 4 is 17.7 Å². The predicted octanol–water partition coefficient (Wildman–Crippen LogP) is 4.41. The Morgan fingerprint density at radius 3 is 2.27 bits per heavy atom. The number of hydrogen-bond acceptors (Lipinski definition) is 5. The van der Waals surface area contributed by atoms with Crippen molar-refractivity contribution in [2.24, 2.45) is 0 Å². The van der Waals surface area contributed by atoms with Crippen LogP contribution in [0.25, 0.3) is 17.1 Å². The van der Waals surface area contributed by atoms with Gasteiger partial charge in [-0.05, 0) is 49.9 Å². The first-order valence-corrected chi connectivity index (χ1v) is 11.5. The molecule has 30 heavy (non-hydrogen) atoms. The Balaban J connectivity index is 2.10. The Kier molecular flexibility index (Phi) is 7.63. The second-order valence-electron chi connectivity index (χ2n) is 6.87. The number of rotatable bonds is 9. The number of carbonyl (C=O) groups excluding carboxylic acids is 1. The molecule has 3 aromatic rings. The first-order chi connectivity index (χ1) is 14.6. The van der Waals surface area contributed by atoms with Crippen LogP contribution in [0.3, 0.4) is 0 Å². The number of amides is 1. The molecule has 0 unspecified atom stereocenters. The van der Waals surface area contributed by atoms with Crippen molar-refractivity contribution in [3.63, 3.8) is 0 Å². The molecule has 0 aliphatic rings. The van der Waals surface area contributed by atoms with Gasteiger partial charge in [0.05, 0.1) is 11.4 Å². The van der Waals surface area contributed by atoms with Crippen LogP contribution < -0.4 is 0 Å². The lowest BCUT2D eigenvalue weighted by molar-refractivity contribution is -0.127. The summed E-state index contributed by atoms with van der Waals surface area (Å²) in [5.41, 5.74) is 4.48. The molecule has 0 N–H and O–H groups in total. The highest BCUT2D eigenvalue weighted by Crippen LogP contribution is 2.32. The molecule has 0 aliphatic heterocycles. The second-order valence-corrected chi connectivity index (χ2v) is 7.81. The smallest absolute Gasteiger partial charge is 0.233 e. The first-order valence-electron chi connectivity index (χ1n) is 10.5. The van der Waals surface area contributed by atoms with Crippen LogP contribution in [0.1, 0.15) is 38.8 Å². The maximum Gasteiger partial charge on any atom is 0.233 e. The zero-order valence-corrected chi connectivity index (χ0v) is 18.9. The second kappa shape index (κ2) is 10.4. The summed E-state index contributed by atoms with van der Waals surface area (Å²) in [6.07, 6.45) is 5.35. The van der Waals surface area contributed by atoms with E-state index < -0.39 is 0 Å². The van der Waals surface area contributed by atoms with Crippen molar-refractivity contribution < 1.29 is 4.79 Å². The van der Waals surface area contributed by atoms with E-state index in [4.69, 9.17) is 0 Å². The summed E-state index contributed by atoms with van der Waals surface area (Å²) in [7, 11) is 0. The van der Waals surface area contributed by atoms with E-state index in [1.54, 1.807) is 12.4 Å². The van der Waals surface area contributed by atoms with Crippen LogP contribution in [0.4, 0.5) is 0 Å². The van der Waals surface area contributed by atoms with Gasteiger partial charge >= 0.3 is 0 Å². The zero-order chi connectivity index (χ0) is 21.5. The molecule has 6 nitrogen and oxygen atoms in total. The fourth-order valence-electron chi connectivity index (χ4n) is 3.54. The molecule has 1 aromatic carbocycles. The van der Waals surface area contributed by atoms with Gasteiger partial charge in [-0.2, -0.15) is 0 Å². The van der Waals surface area contributed by atoms with Gasteiger partial charge in [0, 0.05) is 31.0 Å². The monoisotopic (exact) mass is 423 g/mol. The summed E-state index contributed by atoms with van der Waals surface area (Å²) < 4.78 is 2.11. The van der Waals surface area contributed by atoms with Crippen molar-refractivity contribution in [1.29, 1.82) is 0 Å². The summed E-state index contributed by atoms with van der Waals surface area (Å²) in [4.78, 5) is 18.7. The van der Waals surface area contributed by atoms with E-state index >= 15 is 0 Å². The van der Waals surface area contributed by atoms with Gasteiger partial charge < -0.3 is 4.90 Å². The molecule has 0 saturated carbocycles. The molecule has 0 spiro atoms. The number of hydrogen-bond donors (Lipinski definition) is 0. The number of nitrogens with zero attached hydrogens (tertiary/aromatic N) is 5. The van der Waals surface area contributed by atoms with Crippen LogP contribution in [-0.4, -0.2) is 49.4 Å². The third-order valence-corrected chi connectivity index (χ3v) is 6.10. The number of aromatic nitrogens is 4. The average Bonchev–Trinajstić information content (AvgIpc) is 3.21. The molecule has 3 rings (SSSR count). The Morgan fingerprint density at radius 1 is 1.00 bits per heavy atom. The molecule has 0 bridgehead atoms. The van der Waals surface area contributed by atoms with Crippen LogP contribution in [0.15, 0.2) is 47.9 Å². The molecule has 2 heterocycles. The number of carbonyl (C=O) groups is 1. The number of aryl methyl sites for hydroxylation is 2. The summed E-state index contributed by atoms with van der Waals surface area (Å²) in [6.45, 7) is 9.73. The van der Waals surface area contributed by atoms with Crippen LogP contribution in [0.2, 0.25) is 0 Å². The maximum atomic E-state index is 12.6. The number of thioether (sulfide) groups is 1. The largest absolute Gasteiger partial charge is 0.343 e. The SMILES string of the molecule is CCc1cccc(CC)c1-n1c(SCC(=O)N(CC)CC)nnc1-c1cccnc1. The molecule has 0 radical (unpaired) electrons. The standard InChI is InChI=1S/C23H29N5OS/c1-5-17-11-9-12-18(6-2)21(17)28-22(19-13-10-14-24-15-19)25-26-23(28)30-16-20(29)27(7-3)8-4/h9-15H,5-8,16H2,1-4H3. The summed E-state index contributed by atoms with van der Waals surface area (Å²) >= 11 is 1.44. The molecule has 0 saturated heterocycles. The summed E-state index contributed by atoms with van der Waals surface area (Å²) in [6, 6.07) is 10.3. The summed E-state index contributed by atoms with van der Waals surface area (Å²) in [5, 5.41) is 9.71. The molecular weight excluding hydrogens is 394 g/mol. The Bertz CT molecular complexity index is 960. The number of pyridine rings is 1. The minimum atomic E-state index is 0.113. The zero-order valence-electron chi connectivity index (χ0n) is 18.1. The molecule has 0 aliphatic carbocycles. The average molecular weight is 424 g/mol. The van der Waals surface area contributed by atoms with Crippen molar-refractivity contribution in [1.82, 2.24) is 24.6 Å².